The molecule has 0 atom stereocenters. The lowest BCUT2D eigenvalue weighted by molar-refractivity contribution is 0.0982. The van der Waals surface area contributed by atoms with Crippen LogP contribution in [0.2, 0.25) is 0 Å². The first kappa shape index (κ1) is 14.5. The third-order valence-electron chi connectivity index (χ3n) is 2.80. The number of aromatic hydroxyl groups is 1. The molecule has 0 radical (unpaired) electrons. The van der Waals surface area contributed by atoms with Crippen LogP contribution in [0.1, 0.15) is 43.1 Å². The Morgan fingerprint density at radius 1 is 1.39 bits per heavy atom. The number of phenolic OH excluding ortho intramolecular Hbond substituents is 1. The Morgan fingerprint density at radius 2 is 2.00 bits per heavy atom. The number of rotatable bonds is 4. The van der Waals surface area contributed by atoms with Gasteiger partial charge in [0.15, 0.2) is 5.78 Å². The van der Waals surface area contributed by atoms with Gasteiger partial charge >= 0.3 is 0 Å². The summed E-state index contributed by atoms with van der Waals surface area (Å²) in [4.78, 5) is 11.9. The lowest BCUT2D eigenvalue weighted by atomic mass is 9.84. The highest BCUT2D eigenvalue weighted by molar-refractivity contribution is 5.99. The molecule has 0 aliphatic heterocycles. The van der Waals surface area contributed by atoms with E-state index in [1.54, 1.807) is 12.1 Å². The molecule has 0 bridgehead atoms. The largest absolute Gasteiger partial charge is 0.507 e. The van der Waals surface area contributed by atoms with E-state index in [2.05, 4.69) is 0 Å². The highest BCUT2D eigenvalue weighted by Crippen LogP contribution is 2.37. The molecule has 0 aromatic heterocycles. The van der Waals surface area contributed by atoms with Gasteiger partial charge in [-0.3, -0.25) is 4.79 Å². The van der Waals surface area contributed by atoms with Gasteiger partial charge in [-0.1, -0.05) is 20.8 Å². The van der Waals surface area contributed by atoms with Crippen molar-refractivity contribution < 1.29 is 14.6 Å². The first-order valence-electron chi connectivity index (χ1n) is 5.96. The first-order valence-corrected chi connectivity index (χ1v) is 5.96. The van der Waals surface area contributed by atoms with Gasteiger partial charge in [0.1, 0.15) is 11.5 Å². The van der Waals surface area contributed by atoms with Crippen LogP contribution in [0.25, 0.3) is 0 Å². The molecular weight excluding hydrogens is 230 g/mol. The quantitative estimate of drug-likeness (QED) is 0.805. The third kappa shape index (κ3) is 3.01. The maximum atomic E-state index is 11.9. The van der Waals surface area contributed by atoms with Crippen LogP contribution in [0.15, 0.2) is 12.1 Å². The van der Waals surface area contributed by atoms with E-state index in [1.807, 2.05) is 20.8 Å². The summed E-state index contributed by atoms with van der Waals surface area (Å²) in [6.07, 6.45) is 0.213. The molecule has 1 aromatic carbocycles. The van der Waals surface area contributed by atoms with Crippen molar-refractivity contribution in [2.24, 2.45) is 5.73 Å². The Labute approximate surface area is 108 Å². The van der Waals surface area contributed by atoms with Gasteiger partial charge in [0.25, 0.3) is 0 Å². The number of carbonyl (C=O) groups is 1. The highest BCUT2D eigenvalue weighted by atomic mass is 16.5. The Bertz CT molecular complexity index is 447. The number of hydrogen-bond donors (Lipinski definition) is 2. The molecule has 0 aliphatic rings. The van der Waals surface area contributed by atoms with Gasteiger partial charge in [0.05, 0.1) is 12.7 Å². The molecule has 1 aromatic rings. The number of Topliss-reactive ketones (excluding diaryl/α,β-unsaturated/α-hetero) is 1. The molecule has 0 fully saturated rings. The van der Waals surface area contributed by atoms with Gasteiger partial charge in [-0.2, -0.15) is 0 Å². The molecule has 0 heterocycles. The molecule has 4 heteroatoms. The predicted octanol–water partition coefficient (Wildman–Crippen LogP) is 2.23. The Kier molecular flexibility index (Phi) is 4.35. The molecule has 0 saturated carbocycles. The number of ketones is 1. The van der Waals surface area contributed by atoms with Gasteiger partial charge in [0.2, 0.25) is 0 Å². The molecule has 0 amide bonds. The summed E-state index contributed by atoms with van der Waals surface area (Å²) in [5.41, 5.74) is 6.09. The number of hydrogen-bond acceptors (Lipinski definition) is 4. The van der Waals surface area contributed by atoms with E-state index in [-0.39, 0.29) is 35.5 Å². The average molecular weight is 251 g/mol. The van der Waals surface area contributed by atoms with E-state index in [9.17, 15) is 9.90 Å². The maximum Gasteiger partial charge on any atom is 0.167 e. The van der Waals surface area contributed by atoms with Gasteiger partial charge < -0.3 is 15.6 Å². The second kappa shape index (κ2) is 5.40. The highest BCUT2D eigenvalue weighted by Gasteiger charge is 2.24. The number of carbonyl (C=O) groups excluding carboxylic acids is 1. The zero-order valence-electron chi connectivity index (χ0n) is 11.4. The fourth-order valence-corrected chi connectivity index (χ4v) is 1.78. The summed E-state index contributed by atoms with van der Waals surface area (Å²) in [6.45, 7) is 6.18. The van der Waals surface area contributed by atoms with Gasteiger partial charge in [-0.25, -0.2) is 0 Å². The van der Waals surface area contributed by atoms with Crippen LogP contribution in [0.3, 0.4) is 0 Å². The standard InChI is InChI=1S/C14H21NO3/c1-14(2,3)11-8-9(18-4)7-10(13(11)17)12(16)5-6-15/h7-8,17H,5-6,15H2,1-4H3. The molecule has 0 aliphatic carbocycles. The minimum atomic E-state index is -0.267. The zero-order chi connectivity index (χ0) is 13.9. The van der Waals surface area contributed by atoms with Crippen LogP contribution in [-0.4, -0.2) is 24.5 Å². The normalized spacial score (nSPS) is 11.4. The van der Waals surface area contributed by atoms with Gasteiger partial charge in [0, 0.05) is 12.0 Å². The minimum absolute atomic E-state index is 0.0294. The fourth-order valence-electron chi connectivity index (χ4n) is 1.78. The van der Waals surface area contributed by atoms with Crippen molar-refractivity contribution in [1.82, 2.24) is 0 Å². The number of phenols is 1. The molecule has 0 spiro atoms. The zero-order valence-corrected chi connectivity index (χ0v) is 11.4. The SMILES string of the molecule is COc1cc(C(=O)CCN)c(O)c(C(C)(C)C)c1. The second-order valence-electron chi connectivity index (χ2n) is 5.28. The van der Waals surface area contributed by atoms with Crippen LogP contribution >= 0.6 is 0 Å². The van der Waals surface area contributed by atoms with Crippen molar-refractivity contribution in [2.45, 2.75) is 32.6 Å². The van der Waals surface area contributed by atoms with Crippen LogP contribution < -0.4 is 10.5 Å². The lowest BCUT2D eigenvalue weighted by Crippen LogP contribution is -2.15. The van der Waals surface area contributed by atoms with Crippen LogP contribution in [0.5, 0.6) is 11.5 Å². The molecule has 1 rings (SSSR count). The number of nitrogens with two attached hydrogens (primary N) is 1. The lowest BCUT2D eigenvalue weighted by Gasteiger charge is -2.22. The molecule has 0 unspecified atom stereocenters. The van der Waals surface area contributed by atoms with Crippen LogP contribution in [-0.2, 0) is 5.41 Å². The molecular formula is C14H21NO3. The molecule has 100 valence electrons. The van der Waals surface area contributed by atoms with Crippen molar-refractivity contribution >= 4 is 5.78 Å². The summed E-state index contributed by atoms with van der Waals surface area (Å²) in [5, 5.41) is 10.2. The first-order chi connectivity index (χ1) is 8.31. The van der Waals surface area contributed by atoms with E-state index >= 15 is 0 Å². The van der Waals surface area contributed by atoms with E-state index in [0.717, 1.165) is 0 Å². The maximum absolute atomic E-state index is 11.9. The number of benzene rings is 1. The van der Waals surface area contributed by atoms with E-state index in [4.69, 9.17) is 10.5 Å². The van der Waals surface area contributed by atoms with E-state index in [0.29, 0.717) is 11.3 Å². The topological polar surface area (TPSA) is 72.5 Å². The number of methoxy groups -OCH3 is 1. The van der Waals surface area contributed by atoms with E-state index < -0.39 is 0 Å². The number of ether oxygens (including phenoxy) is 1. The van der Waals surface area contributed by atoms with E-state index in [1.165, 1.54) is 7.11 Å². The second-order valence-corrected chi connectivity index (χ2v) is 5.28. The smallest absolute Gasteiger partial charge is 0.167 e. The molecule has 4 nitrogen and oxygen atoms in total. The molecule has 18 heavy (non-hydrogen) atoms. The molecule has 0 saturated heterocycles. The Hall–Kier alpha value is -1.55. The monoisotopic (exact) mass is 251 g/mol. The summed E-state index contributed by atoms with van der Waals surface area (Å²) in [6, 6.07) is 3.32. The van der Waals surface area contributed by atoms with Crippen molar-refractivity contribution in [3.8, 4) is 11.5 Å². The van der Waals surface area contributed by atoms with Crippen molar-refractivity contribution in [3.63, 3.8) is 0 Å². The average Bonchev–Trinajstić information content (AvgIpc) is 2.28. The minimum Gasteiger partial charge on any atom is -0.507 e. The summed E-state index contributed by atoms with van der Waals surface area (Å²) < 4.78 is 5.18. The Morgan fingerprint density at radius 3 is 2.44 bits per heavy atom. The van der Waals surface area contributed by atoms with Crippen LogP contribution in [0, 0.1) is 0 Å². The van der Waals surface area contributed by atoms with Gasteiger partial charge in [-0.05, 0) is 24.1 Å². The summed E-state index contributed by atoms with van der Waals surface area (Å²) >= 11 is 0. The van der Waals surface area contributed by atoms with Crippen molar-refractivity contribution in [3.05, 3.63) is 23.3 Å². The molecule has 3 N–H and O–H groups in total. The fraction of sp³-hybridized carbons (Fsp3) is 0.500. The van der Waals surface area contributed by atoms with Crippen molar-refractivity contribution in [1.29, 1.82) is 0 Å². The Balaban J connectivity index is 3.39. The summed E-state index contributed by atoms with van der Waals surface area (Å²) in [5.74, 6) is 0.430. The predicted molar refractivity (Wildman–Crippen MR) is 71.4 cm³/mol. The van der Waals surface area contributed by atoms with Gasteiger partial charge in [-0.15, -0.1) is 0 Å². The summed E-state index contributed by atoms with van der Waals surface area (Å²) in [7, 11) is 1.54. The van der Waals surface area contributed by atoms with Crippen molar-refractivity contribution in [2.75, 3.05) is 13.7 Å². The van der Waals surface area contributed by atoms with Crippen LogP contribution in [0.4, 0.5) is 0 Å². The third-order valence-corrected chi connectivity index (χ3v) is 2.80.